The van der Waals surface area contributed by atoms with Gasteiger partial charge in [0.2, 0.25) is 0 Å². The average Bonchev–Trinajstić information content (AvgIpc) is 2.46. The zero-order valence-electron chi connectivity index (χ0n) is 8.52. The molecule has 1 rings (SSSR count). The van der Waals surface area contributed by atoms with Gasteiger partial charge in [-0.2, -0.15) is 0 Å². The molecule has 5 heteroatoms. The van der Waals surface area contributed by atoms with Crippen LogP contribution in [0.3, 0.4) is 0 Å². The van der Waals surface area contributed by atoms with E-state index in [0.29, 0.717) is 0 Å². The lowest BCUT2D eigenvalue weighted by Gasteiger charge is -2.20. The van der Waals surface area contributed by atoms with Gasteiger partial charge in [-0.05, 0) is 21.0 Å². The van der Waals surface area contributed by atoms with Gasteiger partial charge in [0.1, 0.15) is 0 Å². The zero-order valence-corrected chi connectivity index (χ0v) is 9.34. The molecule has 1 aromatic rings. The summed E-state index contributed by atoms with van der Waals surface area (Å²) in [6, 6.07) is -0.127. The van der Waals surface area contributed by atoms with Crippen molar-refractivity contribution in [2.45, 2.75) is 19.4 Å². The molecule has 14 heavy (non-hydrogen) atoms. The lowest BCUT2D eigenvalue weighted by Crippen LogP contribution is -2.23. The van der Waals surface area contributed by atoms with Crippen molar-refractivity contribution in [1.82, 2.24) is 9.88 Å². The molecule has 1 aromatic heterocycles. The van der Waals surface area contributed by atoms with Crippen LogP contribution < -0.4 is 0 Å². The fourth-order valence-corrected chi connectivity index (χ4v) is 1.91. The highest BCUT2D eigenvalue weighted by atomic mass is 32.1. The van der Waals surface area contributed by atoms with E-state index in [0.717, 1.165) is 10.7 Å². The molecular formula is C9H14N2O2S. The van der Waals surface area contributed by atoms with Crippen LogP contribution in [0.15, 0.2) is 5.38 Å². The summed E-state index contributed by atoms with van der Waals surface area (Å²) in [7, 11) is 3.73. The third-order valence-electron chi connectivity index (χ3n) is 1.97. The van der Waals surface area contributed by atoms with Gasteiger partial charge in [0, 0.05) is 5.38 Å². The number of aliphatic carboxylic acids is 1. The first-order valence-electron chi connectivity index (χ1n) is 4.31. The first-order chi connectivity index (χ1) is 6.50. The van der Waals surface area contributed by atoms with E-state index in [1.54, 1.807) is 11.3 Å². The third-order valence-corrected chi connectivity index (χ3v) is 2.76. The van der Waals surface area contributed by atoms with Crippen molar-refractivity contribution >= 4 is 17.3 Å². The van der Waals surface area contributed by atoms with Crippen molar-refractivity contribution in [1.29, 1.82) is 0 Å². The number of carboxylic acid groups (broad SMARTS) is 1. The van der Waals surface area contributed by atoms with E-state index in [1.807, 2.05) is 31.3 Å². The fourth-order valence-electron chi connectivity index (χ4n) is 1.25. The molecule has 78 valence electrons. The molecule has 0 aliphatic heterocycles. The molecule has 0 fully saturated rings. The van der Waals surface area contributed by atoms with Gasteiger partial charge in [-0.15, -0.1) is 11.3 Å². The van der Waals surface area contributed by atoms with E-state index in [2.05, 4.69) is 4.98 Å². The summed E-state index contributed by atoms with van der Waals surface area (Å²) in [5.74, 6) is -0.797. The number of carbonyl (C=O) groups is 1. The second-order valence-corrected chi connectivity index (χ2v) is 4.43. The van der Waals surface area contributed by atoms with E-state index in [9.17, 15) is 4.79 Å². The molecule has 1 unspecified atom stereocenters. The smallest absolute Gasteiger partial charge is 0.305 e. The third kappa shape index (κ3) is 2.78. The highest BCUT2D eigenvalue weighted by Gasteiger charge is 2.19. The van der Waals surface area contributed by atoms with Crippen LogP contribution in [-0.2, 0) is 4.79 Å². The summed E-state index contributed by atoms with van der Waals surface area (Å²) < 4.78 is 0. The maximum absolute atomic E-state index is 10.6. The standard InChI is InChI=1S/C9H14N2O2S/c1-6-10-7(5-14-6)8(11(2)3)4-9(12)13/h5,8H,4H2,1-3H3,(H,12,13). The molecular weight excluding hydrogens is 200 g/mol. The van der Waals surface area contributed by atoms with Crippen LogP contribution in [0.25, 0.3) is 0 Å². The van der Waals surface area contributed by atoms with Crippen LogP contribution in [0.4, 0.5) is 0 Å². The van der Waals surface area contributed by atoms with Crippen molar-refractivity contribution in [2.75, 3.05) is 14.1 Å². The van der Waals surface area contributed by atoms with Gasteiger partial charge in [0.15, 0.2) is 0 Å². The summed E-state index contributed by atoms with van der Waals surface area (Å²) in [5, 5.41) is 11.6. The largest absolute Gasteiger partial charge is 0.481 e. The van der Waals surface area contributed by atoms with Crippen LogP contribution in [0, 0.1) is 6.92 Å². The van der Waals surface area contributed by atoms with Gasteiger partial charge in [-0.25, -0.2) is 4.98 Å². The predicted molar refractivity (Wildman–Crippen MR) is 55.5 cm³/mol. The Balaban J connectivity index is 2.82. The molecule has 1 N–H and O–H groups in total. The summed E-state index contributed by atoms with van der Waals surface area (Å²) in [6.07, 6.45) is 0.0934. The van der Waals surface area contributed by atoms with Gasteiger partial charge in [0.05, 0.1) is 23.2 Å². The molecule has 4 nitrogen and oxygen atoms in total. The van der Waals surface area contributed by atoms with Crippen LogP contribution in [-0.4, -0.2) is 35.1 Å². The normalized spacial score (nSPS) is 13.1. The summed E-state index contributed by atoms with van der Waals surface area (Å²) in [6.45, 7) is 1.92. The molecule has 0 radical (unpaired) electrons. The maximum atomic E-state index is 10.6. The summed E-state index contributed by atoms with van der Waals surface area (Å²) in [4.78, 5) is 16.8. The Labute approximate surface area is 87.2 Å². The van der Waals surface area contributed by atoms with Crippen molar-refractivity contribution in [2.24, 2.45) is 0 Å². The Hall–Kier alpha value is -0.940. The summed E-state index contributed by atoms with van der Waals surface area (Å²) >= 11 is 1.55. The topological polar surface area (TPSA) is 53.4 Å². The Kier molecular flexibility index (Phi) is 3.60. The molecule has 0 spiro atoms. The van der Waals surface area contributed by atoms with Crippen LogP contribution in [0.2, 0.25) is 0 Å². The Morgan fingerprint density at radius 1 is 1.71 bits per heavy atom. The minimum absolute atomic E-state index is 0.0934. The van der Waals surface area contributed by atoms with E-state index < -0.39 is 5.97 Å². The lowest BCUT2D eigenvalue weighted by atomic mass is 10.1. The minimum atomic E-state index is -0.797. The Morgan fingerprint density at radius 2 is 2.36 bits per heavy atom. The van der Waals surface area contributed by atoms with Crippen molar-refractivity contribution in [3.8, 4) is 0 Å². The number of rotatable bonds is 4. The quantitative estimate of drug-likeness (QED) is 0.825. The lowest BCUT2D eigenvalue weighted by molar-refractivity contribution is -0.138. The molecule has 0 amide bonds. The molecule has 0 aliphatic rings. The van der Waals surface area contributed by atoms with Crippen LogP contribution in [0.1, 0.15) is 23.2 Å². The van der Waals surface area contributed by atoms with Crippen molar-refractivity contribution in [3.63, 3.8) is 0 Å². The number of carboxylic acids is 1. The number of nitrogens with zero attached hydrogens (tertiary/aromatic N) is 2. The minimum Gasteiger partial charge on any atom is -0.481 e. The van der Waals surface area contributed by atoms with Crippen LogP contribution in [0.5, 0.6) is 0 Å². The number of hydrogen-bond donors (Lipinski definition) is 1. The van der Waals surface area contributed by atoms with Gasteiger partial charge < -0.3 is 10.0 Å². The molecule has 0 aliphatic carbocycles. The zero-order chi connectivity index (χ0) is 10.7. The monoisotopic (exact) mass is 214 g/mol. The number of aryl methyl sites for hydroxylation is 1. The second-order valence-electron chi connectivity index (χ2n) is 3.37. The molecule has 0 saturated carbocycles. The molecule has 1 heterocycles. The van der Waals surface area contributed by atoms with Gasteiger partial charge in [0.25, 0.3) is 0 Å². The van der Waals surface area contributed by atoms with E-state index in [1.165, 1.54) is 0 Å². The SMILES string of the molecule is Cc1nc(C(CC(=O)O)N(C)C)cs1. The first kappa shape index (κ1) is 11.1. The van der Waals surface area contributed by atoms with Gasteiger partial charge in [-0.1, -0.05) is 0 Å². The number of hydrogen-bond acceptors (Lipinski definition) is 4. The van der Waals surface area contributed by atoms with Gasteiger partial charge >= 0.3 is 5.97 Å². The Bertz CT molecular complexity index is 322. The van der Waals surface area contributed by atoms with Crippen molar-refractivity contribution in [3.05, 3.63) is 16.1 Å². The first-order valence-corrected chi connectivity index (χ1v) is 5.19. The molecule has 0 saturated heterocycles. The van der Waals surface area contributed by atoms with E-state index >= 15 is 0 Å². The molecule has 0 bridgehead atoms. The summed E-state index contributed by atoms with van der Waals surface area (Å²) in [5.41, 5.74) is 0.847. The highest BCUT2D eigenvalue weighted by molar-refractivity contribution is 7.09. The van der Waals surface area contributed by atoms with Gasteiger partial charge in [-0.3, -0.25) is 4.79 Å². The predicted octanol–water partition coefficient (Wildman–Crippen LogP) is 1.53. The molecule has 0 aromatic carbocycles. The number of aromatic nitrogens is 1. The molecule has 1 atom stereocenters. The Morgan fingerprint density at radius 3 is 2.71 bits per heavy atom. The highest BCUT2D eigenvalue weighted by Crippen LogP contribution is 2.23. The van der Waals surface area contributed by atoms with E-state index in [-0.39, 0.29) is 12.5 Å². The van der Waals surface area contributed by atoms with Crippen molar-refractivity contribution < 1.29 is 9.90 Å². The average molecular weight is 214 g/mol. The van der Waals surface area contributed by atoms with Crippen LogP contribution >= 0.6 is 11.3 Å². The van der Waals surface area contributed by atoms with E-state index in [4.69, 9.17) is 5.11 Å². The maximum Gasteiger partial charge on any atom is 0.305 e. The second kappa shape index (κ2) is 4.52. The number of thiazole rings is 1. The fraction of sp³-hybridized carbons (Fsp3) is 0.556.